The molecule has 36 heavy (non-hydrogen) atoms. The van der Waals surface area contributed by atoms with Crippen LogP contribution in [0.5, 0.6) is 11.5 Å². The maximum atomic E-state index is 9.01. The highest BCUT2D eigenvalue weighted by Crippen LogP contribution is 2.38. The highest BCUT2D eigenvalue weighted by molar-refractivity contribution is 6.32. The molecule has 0 saturated carbocycles. The van der Waals surface area contributed by atoms with Gasteiger partial charge in [0, 0.05) is 74.7 Å². The number of methoxy groups -OCH3 is 2. The van der Waals surface area contributed by atoms with Crippen LogP contribution in [0.3, 0.4) is 0 Å². The van der Waals surface area contributed by atoms with Gasteiger partial charge < -0.3 is 34.1 Å². The highest BCUT2D eigenvalue weighted by atomic mass is 35.5. The van der Waals surface area contributed by atoms with Gasteiger partial charge in [-0.05, 0) is 18.2 Å². The minimum atomic E-state index is 0.0377. The zero-order chi connectivity index (χ0) is 25.1. The van der Waals surface area contributed by atoms with Gasteiger partial charge in [0.15, 0.2) is 0 Å². The van der Waals surface area contributed by atoms with E-state index < -0.39 is 0 Å². The summed E-state index contributed by atoms with van der Waals surface area (Å²) in [4.78, 5) is 18.2. The fourth-order valence-corrected chi connectivity index (χ4v) is 4.57. The van der Waals surface area contributed by atoms with E-state index in [0.717, 1.165) is 54.6 Å². The number of ether oxygens (including phenoxy) is 2. The number of pyridine rings is 1. The molecular formula is C25H28ClN7O3. The molecule has 1 aromatic carbocycles. The number of benzene rings is 1. The first-order valence-electron chi connectivity index (χ1n) is 11.7. The molecule has 1 aliphatic heterocycles. The second kappa shape index (κ2) is 10.5. The van der Waals surface area contributed by atoms with Gasteiger partial charge in [0.05, 0.1) is 31.5 Å². The van der Waals surface area contributed by atoms with Crippen molar-refractivity contribution in [2.75, 3.05) is 68.7 Å². The van der Waals surface area contributed by atoms with Crippen LogP contribution in [-0.2, 0) is 0 Å². The van der Waals surface area contributed by atoms with Crippen LogP contribution in [0.4, 0.5) is 17.5 Å². The molecule has 0 spiro atoms. The summed E-state index contributed by atoms with van der Waals surface area (Å²) in [5, 5.41) is 12.5. The van der Waals surface area contributed by atoms with E-state index in [2.05, 4.69) is 37.2 Å². The Morgan fingerprint density at radius 3 is 2.53 bits per heavy atom. The summed E-state index contributed by atoms with van der Waals surface area (Å²) < 4.78 is 12.9. The molecule has 1 aliphatic rings. The summed E-state index contributed by atoms with van der Waals surface area (Å²) in [5.74, 6) is 2.61. The Kier molecular flexibility index (Phi) is 6.97. The second-order valence-electron chi connectivity index (χ2n) is 8.33. The number of anilines is 3. The number of halogens is 1. The molecular weight excluding hydrogens is 482 g/mol. The van der Waals surface area contributed by atoms with E-state index in [1.165, 1.54) is 0 Å². The highest BCUT2D eigenvalue weighted by Gasteiger charge is 2.20. The van der Waals surface area contributed by atoms with Crippen LogP contribution in [0, 0.1) is 0 Å². The van der Waals surface area contributed by atoms with E-state index in [4.69, 9.17) is 31.2 Å². The van der Waals surface area contributed by atoms with Gasteiger partial charge in [-0.25, -0.2) is 9.97 Å². The van der Waals surface area contributed by atoms with Gasteiger partial charge in [-0.1, -0.05) is 11.6 Å². The van der Waals surface area contributed by atoms with Gasteiger partial charge in [0.1, 0.15) is 23.0 Å². The number of nitrogens with zero attached hydrogens (tertiary/aromatic N) is 6. The molecule has 1 fully saturated rings. The summed E-state index contributed by atoms with van der Waals surface area (Å²) in [6, 6.07) is 9.71. The molecule has 0 bridgehead atoms. The second-order valence-corrected chi connectivity index (χ2v) is 8.73. The van der Waals surface area contributed by atoms with Crippen molar-refractivity contribution in [2.24, 2.45) is 0 Å². The quantitative estimate of drug-likeness (QED) is 0.371. The number of aliphatic hydroxyl groups excluding tert-OH is 1. The van der Waals surface area contributed by atoms with Crippen LogP contribution in [0.2, 0.25) is 5.02 Å². The van der Waals surface area contributed by atoms with Crippen molar-refractivity contribution in [1.29, 1.82) is 0 Å². The maximum absolute atomic E-state index is 9.01. The molecule has 11 heteroatoms. The lowest BCUT2D eigenvalue weighted by Crippen LogP contribution is -2.46. The van der Waals surface area contributed by atoms with E-state index in [1.54, 1.807) is 26.5 Å². The molecule has 3 aromatic heterocycles. The largest absolute Gasteiger partial charge is 0.496 e. The summed E-state index contributed by atoms with van der Waals surface area (Å²) in [6.07, 6.45) is 5.73. The van der Waals surface area contributed by atoms with Crippen molar-refractivity contribution in [2.45, 2.75) is 0 Å². The molecule has 5 rings (SSSR count). The molecule has 1 saturated heterocycles. The van der Waals surface area contributed by atoms with E-state index in [1.807, 2.05) is 28.9 Å². The first-order valence-corrected chi connectivity index (χ1v) is 12.1. The molecule has 10 nitrogen and oxygen atoms in total. The lowest BCUT2D eigenvalue weighted by molar-refractivity contribution is 0.311. The summed E-state index contributed by atoms with van der Waals surface area (Å²) >= 11 is 6.37. The lowest BCUT2D eigenvalue weighted by Gasteiger charge is -2.36. The summed E-state index contributed by atoms with van der Waals surface area (Å²) in [5.41, 5.74) is 3.54. The van der Waals surface area contributed by atoms with Crippen molar-refractivity contribution in [1.82, 2.24) is 19.4 Å². The van der Waals surface area contributed by atoms with Crippen LogP contribution < -0.4 is 24.6 Å². The van der Waals surface area contributed by atoms with Crippen LogP contribution in [-0.4, -0.2) is 78.0 Å². The number of hydrogen-bond donors (Lipinski definition) is 2. The fraction of sp³-hybridized carbons (Fsp3) is 0.320. The van der Waals surface area contributed by atoms with Gasteiger partial charge >= 0.3 is 0 Å². The third-order valence-electron chi connectivity index (χ3n) is 6.20. The molecule has 2 N–H and O–H groups in total. The minimum absolute atomic E-state index is 0.0377. The Balaban J connectivity index is 1.32. The zero-order valence-corrected chi connectivity index (χ0v) is 20.9. The fourth-order valence-electron chi connectivity index (χ4n) is 4.33. The van der Waals surface area contributed by atoms with E-state index in [0.29, 0.717) is 29.0 Å². The van der Waals surface area contributed by atoms with Gasteiger partial charge in [0.25, 0.3) is 0 Å². The average Bonchev–Trinajstić information content (AvgIpc) is 3.35. The SMILES string of the molecule is COc1cc(OC)c(-c2cn3ccc(N4CCN(c5ccnc(NCCO)n5)CC4)cc3n2)cc1Cl. The van der Waals surface area contributed by atoms with E-state index in [-0.39, 0.29) is 6.61 Å². The smallest absolute Gasteiger partial charge is 0.224 e. The Morgan fingerprint density at radius 2 is 1.78 bits per heavy atom. The maximum Gasteiger partial charge on any atom is 0.224 e. The Labute approximate surface area is 214 Å². The monoisotopic (exact) mass is 509 g/mol. The van der Waals surface area contributed by atoms with Crippen molar-refractivity contribution < 1.29 is 14.6 Å². The molecule has 4 heterocycles. The molecule has 0 amide bonds. The predicted molar refractivity (Wildman–Crippen MR) is 141 cm³/mol. The lowest BCUT2D eigenvalue weighted by atomic mass is 10.1. The van der Waals surface area contributed by atoms with Gasteiger partial charge in [-0.15, -0.1) is 0 Å². The molecule has 0 aliphatic carbocycles. The third kappa shape index (κ3) is 4.82. The zero-order valence-electron chi connectivity index (χ0n) is 20.2. The normalized spacial score (nSPS) is 13.8. The number of imidazole rings is 1. The van der Waals surface area contributed by atoms with Crippen molar-refractivity contribution in [3.05, 3.63) is 53.9 Å². The van der Waals surface area contributed by atoms with Crippen LogP contribution in [0.15, 0.2) is 48.9 Å². The first kappa shape index (κ1) is 24.0. The van der Waals surface area contributed by atoms with Crippen molar-refractivity contribution in [3.8, 4) is 22.8 Å². The first-order chi connectivity index (χ1) is 17.6. The van der Waals surface area contributed by atoms with Gasteiger partial charge in [-0.2, -0.15) is 4.98 Å². The molecule has 0 radical (unpaired) electrons. The van der Waals surface area contributed by atoms with Crippen LogP contribution in [0.1, 0.15) is 0 Å². The predicted octanol–water partition coefficient (Wildman–Crippen LogP) is 3.19. The molecule has 0 atom stereocenters. The van der Waals surface area contributed by atoms with E-state index >= 15 is 0 Å². The Morgan fingerprint density at radius 1 is 1.00 bits per heavy atom. The van der Waals surface area contributed by atoms with Gasteiger partial charge in [-0.3, -0.25) is 0 Å². The van der Waals surface area contributed by atoms with Crippen LogP contribution >= 0.6 is 11.6 Å². The number of aromatic nitrogens is 4. The number of hydrogen-bond acceptors (Lipinski definition) is 9. The molecule has 4 aromatic rings. The number of rotatable bonds is 8. The number of aliphatic hydroxyl groups is 1. The Hall–Kier alpha value is -3.76. The van der Waals surface area contributed by atoms with Crippen LogP contribution in [0.25, 0.3) is 16.9 Å². The van der Waals surface area contributed by atoms with Crippen molar-refractivity contribution in [3.63, 3.8) is 0 Å². The standard InChI is InChI=1S/C25H28ClN7O3/c1-35-21-15-22(36-2)19(26)14-18(21)20-16-33-7-4-17(13-24(33)29-20)31-8-10-32(11-9-31)23-3-5-27-25(30-23)28-6-12-34/h3-5,7,13-16,34H,6,8-12H2,1-2H3,(H,27,28,30). The third-order valence-corrected chi connectivity index (χ3v) is 6.49. The summed E-state index contributed by atoms with van der Waals surface area (Å²) in [7, 11) is 3.20. The number of fused-ring (bicyclic) bond motifs is 1. The van der Waals surface area contributed by atoms with Gasteiger partial charge in [0.2, 0.25) is 5.95 Å². The number of nitrogens with one attached hydrogen (secondary N) is 1. The average molecular weight is 510 g/mol. The number of piperazine rings is 1. The topological polar surface area (TPSA) is 100 Å². The Bertz CT molecular complexity index is 1350. The molecule has 0 unspecified atom stereocenters. The van der Waals surface area contributed by atoms with Crippen molar-refractivity contribution >= 4 is 34.7 Å². The van der Waals surface area contributed by atoms with E-state index in [9.17, 15) is 0 Å². The summed E-state index contributed by atoms with van der Waals surface area (Å²) in [6.45, 7) is 3.85. The minimum Gasteiger partial charge on any atom is -0.496 e. The molecule has 188 valence electrons.